The Morgan fingerprint density at radius 2 is 1.88 bits per heavy atom. The highest BCUT2D eigenvalue weighted by Gasteiger charge is 2.39. The van der Waals surface area contributed by atoms with Crippen molar-refractivity contribution >= 4 is 67.4 Å². The van der Waals surface area contributed by atoms with Crippen LogP contribution in [0.4, 0.5) is 27.7 Å². The van der Waals surface area contributed by atoms with Gasteiger partial charge in [0.1, 0.15) is 51.2 Å². The van der Waals surface area contributed by atoms with E-state index in [0.717, 1.165) is 23.0 Å². The highest BCUT2D eigenvalue weighted by atomic mass is 32.2. The van der Waals surface area contributed by atoms with Gasteiger partial charge in [0.15, 0.2) is 0 Å². The zero-order valence-electron chi connectivity index (χ0n) is 25.0. The Bertz CT molecular complexity index is 1590. The van der Waals surface area contributed by atoms with Gasteiger partial charge in [0.2, 0.25) is 5.95 Å². The van der Waals surface area contributed by atoms with E-state index in [9.17, 15) is 12.8 Å². The summed E-state index contributed by atoms with van der Waals surface area (Å²) in [5.74, 6) is 2.65. The van der Waals surface area contributed by atoms with Crippen molar-refractivity contribution in [3.05, 3.63) is 42.2 Å². The van der Waals surface area contributed by atoms with E-state index in [1.54, 1.807) is 12.3 Å². The van der Waals surface area contributed by atoms with E-state index >= 15 is 0 Å². The van der Waals surface area contributed by atoms with Crippen LogP contribution >= 0.6 is 0 Å². The summed E-state index contributed by atoms with van der Waals surface area (Å²) in [6.07, 6.45) is 6.28. The number of aromatic nitrogens is 3. The Labute approximate surface area is 250 Å². The van der Waals surface area contributed by atoms with Crippen LogP contribution in [0.3, 0.4) is 0 Å². The maximum Gasteiger partial charge on any atom is 0.227 e. The molecular formula is C28H38B3FN6O3S. The number of nitrogens with one attached hydrogen (secondary N) is 1. The Morgan fingerprint density at radius 1 is 1.10 bits per heavy atom. The SMILES string of the molecule is BC(B)(B)O[C@@H]1CCN(c2nccc(Nc3cc4c(C5CC5)ccc(N5C[C@H](CS(C)(=O)=O)[C@H]5C)c4cn3)n2)C[C@@H]1F. The lowest BCUT2D eigenvalue weighted by Crippen LogP contribution is -2.57. The molecule has 9 nitrogen and oxygen atoms in total. The number of fused-ring (bicyclic) bond motifs is 1. The molecule has 0 spiro atoms. The molecule has 1 N–H and O–H groups in total. The molecule has 0 radical (unpaired) electrons. The number of ether oxygens (including phenoxy) is 1. The van der Waals surface area contributed by atoms with E-state index in [1.165, 1.54) is 24.7 Å². The average molecular weight is 590 g/mol. The quantitative estimate of drug-likeness (QED) is 0.366. The molecule has 3 fully saturated rings. The van der Waals surface area contributed by atoms with E-state index in [1.807, 2.05) is 34.6 Å². The molecule has 0 bridgehead atoms. The summed E-state index contributed by atoms with van der Waals surface area (Å²) in [5.41, 5.74) is 2.41. The molecule has 4 heterocycles. The molecule has 1 aromatic carbocycles. The van der Waals surface area contributed by atoms with E-state index in [4.69, 9.17) is 14.7 Å². The van der Waals surface area contributed by atoms with Crippen LogP contribution in [0, 0.1) is 5.92 Å². The van der Waals surface area contributed by atoms with Gasteiger partial charge in [-0.3, -0.25) is 0 Å². The van der Waals surface area contributed by atoms with Gasteiger partial charge >= 0.3 is 0 Å². The van der Waals surface area contributed by atoms with Crippen molar-refractivity contribution in [2.45, 2.75) is 55.7 Å². The maximum absolute atomic E-state index is 15.0. The molecule has 1 aliphatic carbocycles. The maximum atomic E-state index is 15.0. The van der Waals surface area contributed by atoms with Crippen molar-refractivity contribution in [3.63, 3.8) is 0 Å². The Hall–Kier alpha value is -2.86. The zero-order chi connectivity index (χ0) is 29.8. The summed E-state index contributed by atoms with van der Waals surface area (Å²) in [6, 6.07) is 8.40. The van der Waals surface area contributed by atoms with Gasteiger partial charge in [0.25, 0.3) is 0 Å². The van der Waals surface area contributed by atoms with Crippen molar-refractivity contribution in [1.29, 1.82) is 0 Å². The Morgan fingerprint density at radius 3 is 2.55 bits per heavy atom. The third-order valence-electron chi connectivity index (χ3n) is 8.53. The first-order valence-electron chi connectivity index (χ1n) is 14.9. The first kappa shape index (κ1) is 29.2. The summed E-state index contributed by atoms with van der Waals surface area (Å²) in [7, 11) is 2.82. The van der Waals surface area contributed by atoms with E-state index in [-0.39, 0.29) is 24.3 Å². The molecule has 220 valence electrons. The fourth-order valence-electron chi connectivity index (χ4n) is 6.26. The van der Waals surface area contributed by atoms with E-state index < -0.39 is 27.4 Å². The number of pyridine rings is 1. The lowest BCUT2D eigenvalue weighted by atomic mass is 9.52. The number of sulfone groups is 1. The molecule has 6 rings (SSSR count). The number of hydrogen-bond acceptors (Lipinski definition) is 9. The van der Waals surface area contributed by atoms with Gasteiger partial charge in [0, 0.05) is 54.8 Å². The number of hydrogen-bond donors (Lipinski definition) is 1. The Balaban J connectivity index is 1.21. The predicted octanol–water partition coefficient (Wildman–Crippen LogP) is 0.959. The van der Waals surface area contributed by atoms with Crippen LogP contribution in [0.15, 0.2) is 36.7 Å². The second-order valence-corrected chi connectivity index (χ2v) is 15.4. The van der Waals surface area contributed by atoms with Gasteiger partial charge < -0.3 is 19.9 Å². The lowest BCUT2D eigenvalue weighted by molar-refractivity contribution is -0.0185. The minimum atomic E-state index is -3.02. The third-order valence-corrected chi connectivity index (χ3v) is 9.56. The van der Waals surface area contributed by atoms with Gasteiger partial charge in [0.05, 0.1) is 18.4 Å². The second-order valence-electron chi connectivity index (χ2n) is 13.2. The van der Waals surface area contributed by atoms with Gasteiger partial charge in [-0.15, -0.1) is 0 Å². The molecule has 0 amide bonds. The van der Waals surface area contributed by atoms with Crippen molar-refractivity contribution in [2.24, 2.45) is 5.92 Å². The number of nitrogens with zero attached hydrogens (tertiary/aromatic N) is 5. The largest absolute Gasteiger partial charge is 0.394 e. The smallest absolute Gasteiger partial charge is 0.227 e. The molecule has 3 aliphatic rings. The van der Waals surface area contributed by atoms with Crippen molar-refractivity contribution in [2.75, 3.05) is 46.8 Å². The zero-order valence-corrected chi connectivity index (χ0v) is 25.9. The van der Waals surface area contributed by atoms with Gasteiger partial charge in [-0.25, -0.2) is 22.8 Å². The van der Waals surface area contributed by atoms with Crippen molar-refractivity contribution in [3.8, 4) is 0 Å². The number of piperidine rings is 1. The van der Waals surface area contributed by atoms with Crippen LogP contribution in [-0.2, 0) is 14.6 Å². The minimum Gasteiger partial charge on any atom is -0.394 e. The van der Waals surface area contributed by atoms with Gasteiger partial charge in [-0.05, 0) is 66.6 Å². The average Bonchev–Trinajstić information content (AvgIpc) is 3.76. The molecule has 14 heteroatoms. The molecule has 2 saturated heterocycles. The second kappa shape index (κ2) is 11.0. The number of anilines is 4. The standard InChI is InChI=1S/C28H38B3FN6O3S/c1-16-18(15-42(2,39)40)13-38(16)23-6-5-19(17-3-4-17)20-11-26(34-12-21(20)23)35-25-7-9-33-27(36-25)37-10-8-24(22(32)14-37)41-28(29,30)31/h5-7,9,11-12,16-18,22,24H,3-4,8,10,13-15,29-31H2,1-2H3,(H,33,34,35,36)/t16-,18-,22+,24-/m1/s1. The number of alkyl halides is 1. The molecular weight excluding hydrogens is 552 g/mol. The summed E-state index contributed by atoms with van der Waals surface area (Å²) in [5, 5.41) is 5.18. The van der Waals surface area contributed by atoms with Crippen LogP contribution in [0.2, 0.25) is 0 Å². The van der Waals surface area contributed by atoms with Crippen LogP contribution in [0.5, 0.6) is 0 Å². The third kappa shape index (κ3) is 6.39. The summed E-state index contributed by atoms with van der Waals surface area (Å²) < 4.78 is 44.6. The van der Waals surface area contributed by atoms with E-state index in [2.05, 4.69) is 40.3 Å². The minimum absolute atomic E-state index is 0.128. The first-order valence-corrected chi connectivity index (χ1v) is 16.9. The summed E-state index contributed by atoms with van der Waals surface area (Å²) in [4.78, 5) is 18.0. The van der Waals surface area contributed by atoms with Gasteiger partial charge in [-0.1, -0.05) is 6.07 Å². The lowest BCUT2D eigenvalue weighted by Gasteiger charge is -2.48. The van der Waals surface area contributed by atoms with Crippen LogP contribution in [-0.4, -0.2) is 102 Å². The highest BCUT2D eigenvalue weighted by molar-refractivity contribution is 7.90. The Kier molecular flexibility index (Phi) is 7.66. The monoisotopic (exact) mass is 590 g/mol. The summed E-state index contributed by atoms with van der Waals surface area (Å²) >= 11 is 0. The first-order chi connectivity index (χ1) is 19.8. The number of rotatable bonds is 9. The molecule has 1 saturated carbocycles. The molecule has 42 heavy (non-hydrogen) atoms. The molecule has 0 unspecified atom stereocenters. The highest BCUT2D eigenvalue weighted by Crippen LogP contribution is 2.46. The molecule has 4 atom stereocenters. The molecule has 2 aliphatic heterocycles. The molecule has 3 aromatic rings. The van der Waals surface area contributed by atoms with Crippen LogP contribution < -0.4 is 15.1 Å². The van der Waals surface area contributed by atoms with E-state index in [0.29, 0.717) is 36.5 Å². The van der Waals surface area contributed by atoms with Gasteiger partial charge in [-0.2, -0.15) is 4.98 Å². The fourth-order valence-corrected chi connectivity index (χ4v) is 7.42. The number of benzene rings is 1. The normalized spacial score (nSPS) is 24.9. The van der Waals surface area contributed by atoms with Crippen LogP contribution in [0.25, 0.3) is 10.8 Å². The molecule has 2 aromatic heterocycles. The van der Waals surface area contributed by atoms with Crippen molar-refractivity contribution in [1.82, 2.24) is 15.0 Å². The van der Waals surface area contributed by atoms with Crippen LogP contribution in [0.1, 0.15) is 37.7 Å². The topological polar surface area (TPSA) is 101 Å². The predicted molar refractivity (Wildman–Crippen MR) is 174 cm³/mol. The summed E-state index contributed by atoms with van der Waals surface area (Å²) in [6.45, 7) is 3.62. The fraction of sp³-hybridized carbons (Fsp3) is 0.536. The number of halogens is 1. The van der Waals surface area contributed by atoms with Crippen molar-refractivity contribution < 1.29 is 17.5 Å².